The van der Waals surface area contributed by atoms with Crippen LogP contribution in [0.1, 0.15) is 131 Å². The van der Waals surface area contributed by atoms with Crippen molar-refractivity contribution in [3.05, 3.63) is 0 Å². The van der Waals surface area contributed by atoms with Gasteiger partial charge in [0.1, 0.15) is 36.3 Å². The molecule has 30 N–H and O–H groups in total. The number of likely N-dealkylation sites (N-methyl/N-ethyl adjacent to an activating group) is 1. The zero-order valence-electron chi connectivity index (χ0n) is 50.5. The summed E-state index contributed by atoms with van der Waals surface area (Å²) in [6.45, 7) is 11.5. The third-order valence-corrected chi connectivity index (χ3v) is 13.0. The number of rotatable bonds is 46. The van der Waals surface area contributed by atoms with Gasteiger partial charge in [0.15, 0.2) is 23.8 Å². The summed E-state index contributed by atoms with van der Waals surface area (Å²) in [5.41, 5.74) is 33.3. The minimum absolute atomic E-state index is 0.0145. The van der Waals surface area contributed by atoms with Gasteiger partial charge in [-0.3, -0.25) is 60.0 Å². The van der Waals surface area contributed by atoms with Gasteiger partial charge in [-0.25, -0.2) is 0 Å². The summed E-state index contributed by atoms with van der Waals surface area (Å²) >= 11 is 0. The van der Waals surface area contributed by atoms with E-state index in [4.69, 9.17) is 56.0 Å². The van der Waals surface area contributed by atoms with E-state index in [9.17, 15) is 43.5 Å². The van der Waals surface area contributed by atoms with Gasteiger partial charge in [0.2, 0.25) is 47.3 Å². The maximum absolute atomic E-state index is 14.6. The first-order chi connectivity index (χ1) is 39.5. The van der Waals surface area contributed by atoms with Crippen LogP contribution in [0.5, 0.6) is 0 Å². The second kappa shape index (κ2) is 43.3. The third-order valence-electron chi connectivity index (χ3n) is 13.0. The molecule has 32 nitrogen and oxygen atoms in total. The van der Waals surface area contributed by atoms with Crippen molar-refractivity contribution < 1.29 is 43.5 Å². The van der Waals surface area contributed by atoms with Crippen LogP contribution >= 0.6 is 0 Å². The van der Waals surface area contributed by atoms with Gasteiger partial charge in [0.05, 0.1) is 18.7 Å². The summed E-state index contributed by atoms with van der Waals surface area (Å²) in [5.74, 6) is -6.84. The predicted molar refractivity (Wildman–Crippen MR) is 322 cm³/mol. The molecule has 0 rings (SSSR count). The average molecular weight is 1200 g/mol. The molecule has 0 saturated heterocycles. The first kappa shape index (κ1) is 76.7. The summed E-state index contributed by atoms with van der Waals surface area (Å²) in [6, 6.07) is -9.82. The highest BCUT2D eigenvalue weighted by atomic mass is 16.3. The molecule has 0 aliphatic rings. The number of primary amides is 1. The van der Waals surface area contributed by atoms with Crippen LogP contribution in [0.4, 0.5) is 0 Å². The zero-order chi connectivity index (χ0) is 63.9. The van der Waals surface area contributed by atoms with Crippen LogP contribution < -0.4 is 104 Å². The number of aliphatic hydroxyl groups excluding tert-OH is 1. The Balaban J connectivity index is 7.22. The van der Waals surface area contributed by atoms with Crippen LogP contribution in [0, 0.1) is 39.4 Å². The molecule has 0 bridgehead atoms. The quantitative estimate of drug-likeness (QED) is 0.0154. The molecule has 0 aliphatic carbocycles. The number of nitrogens with two attached hydrogens (primary N) is 6. The number of guanidine groups is 4. The maximum atomic E-state index is 14.6. The molecule has 0 spiro atoms. The summed E-state index contributed by atoms with van der Waals surface area (Å²) in [7, 11) is 1.63. The van der Waals surface area contributed by atoms with Crippen LogP contribution in [0.25, 0.3) is 0 Å². The Morgan fingerprint density at radius 3 is 1.04 bits per heavy atom. The molecule has 0 radical (unpaired) electrons. The molecular formula is C52H105N23O9. The van der Waals surface area contributed by atoms with E-state index in [1.54, 1.807) is 7.05 Å². The summed E-state index contributed by atoms with van der Waals surface area (Å²) < 4.78 is 0. The van der Waals surface area contributed by atoms with E-state index in [-0.39, 0.29) is 139 Å². The fourth-order valence-corrected chi connectivity index (χ4v) is 8.66. The van der Waals surface area contributed by atoms with Crippen molar-refractivity contribution in [2.45, 2.75) is 186 Å². The second-order valence-electron chi connectivity index (χ2n) is 22.1. The van der Waals surface area contributed by atoms with E-state index in [0.717, 1.165) is 0 Å². The Morgan fingerprint density at radius 2 is 0.690 bits per heavy atom. The van der Waals surface area contributed by atoms with Crippen molar-refractivity contribution in [2.24, 2.45) is 52.2 Å². The van der Waals surface area contributed by atoms with Gasteiger partial charge in [-0.15, -0.1) is 0 Å². The molecule has 0 aromatic carbocycles. The molecule has 32 heteroatoms. The Bertz CT molecular complexity index is 2080. The first-order valence-electron chi connectivity index (χ1n) is 29.0. The monoisotopic (exact) mass is 1200 g/mol. The van der Waals surface area contributed by atoms with E-state index in [1.807, 2.05) is 41.5 Å². The molecule has 0 aromatic heterocycles. The van der Waals surface area contributed by atoms with Crippen molar-refractivity contribution in [1.29, 1.82) is 21.6 Å². The molecule has 0 aliphatic heterocycles. The Labute approximate surface area is 494 Å². The Hall–Kier alpha value is -7.32. The van der Waals surface area contributed by atoms with Gasteiger partial charge in [0.25, 0.3) is 0 Å². The highest BCUT2D eigenvalue weighted by molar-refractivity contribution is 5.96. The zero-order valence-corrected chi connectivity index (χ0v) is 50.5. The van der Waals surface area contributed by atoms with Gasteiger partial charge in [-0.05, 0) is 121 Å². The van der Waals surface area contributed by atoms with E-state index in [0.29, 0.717) is 32.1 Å². The first-order valence-corrected chi connectivity index (χ1v) is 29.0. The molecule has 0 unspecified atom stereocenters. The van der Waals surface area contributed by atoms with E-state index < -0.39 is 108 Å². The van der Waals surface area contributed by atoms with Gasteiger partial charge in [0, 0.05) is 38.8 Å². The number of nitrogens with one attached hydrogen (secondary N) is 17. The predicted octanol–water partition coefficient (Wildman–Crippen LogP) is -5.28. The standard InChI is InChI=1S/C52H105N23O9/c1-29(2)24-37(63-7)46(82)73-36(18-13-23-67-52(61)62)45(81)70-33(15-8-9-19-53)43(79)72-35(17-12-22-66-51(59)60)44(80)71-34(16-11-21-65-50(57)58)42(78)69-32(14-10-20-64-49(55)56)27-68-38(25-30(3)4)47(83)74-39(26-31(5)6)48(84)75-40(28-76)41(54)77/h29-40,63,68,76H,8-28,53H2,1-7H3,(H2,54,77)(H,69,78)(H,70,81)(H,71,80)(H,72,79)(H,73,82)(H,74,83)(H,75,84)(H4,55,56,64)(H4,57,58,65)(H4,59,60,66)(H4,61,62,67)/t32-,33-,34-,35-,36-,37-,38-,39-,40-/m0/s1. The van der Waals surface area contributed by atoms with Crippen LogP contribution in [0.15, 0.2) is 0 Å². The largest absolute Gasteiger partial charge is 0.394 e. The van der Waals surface area contributed by atoms with Crippen molar-refractivity contribution in [3.8, 4) is 0 Å². The molecular weight excluding hydrogens is 1090 g/mol. The molecule has 0 fully saturated rings. The van der Waals surface area contributed by atoms with E-state index >= 15 is 0 Å². The average Bonchev–Trinajstić information content (AvgIpc) is 3.57. The third kappa shape index (κ3) is 35.6. The molecule has 9 atom stereocenters. The number of hydrogen-bond donors (Lipinski definition) is 24. The topological polar surface area (TPSA) is 565 Å². The van der Waals surface area contributed by atoms with E-state index in [2.05, 4.69) is 69.1 Å². The Morgan fingerprint density at radius 1 is 0.393 bits per heavy atom. The number of hydrogen-bond acceptors (Lipinski definition) is 16. The minimum Gasteiger partial charge on any atom is -0.394 e. The minimum atomic E-state index is -1.38. The lowest BCUT2D eigenvalue weighted by molar-refractivity contribution is -0.135. The lowest BCUT2D eigenvalue weighted by atomic mass is 9.99. The lowest BCUT2D eigenvalue weighted by Crippen LogP contribution is -2.60. The highest BCUT2D eigenvalue weighted by Gasteiger charge is 2.34. The number of carbonyl (C=O) groups is 8. The summed E-state index contributed by atoms with van der Waals surface area (Å²) in [4.78, 5) is 111. The summed E-state index contributed by atoms with van der Waals surface area (Å²) in [6.07, 6.45) is 3.17. The molecule has 0 saturated carbocycles. The smallest absolute Gasteiger partial charge is 0.243 e. The van der Waals surface area contributed by atoms with E-state index in [1.165, 1.54) is 0 Å². The Kier molecular flexibility index (Phi) is 39.6. The van der Waals surface area contributed by atoms with Crippen molar-refractivity contribution >= 4 is 71.1 Å². The van der Waals surface area contributed by atoms with Crippen LogP contribution in [-0.2, 0) is 38.4 Å². The normalized spacial score (nSPS) is 14.4. The fourth-order valence-electron chi connectivity index (χ4n) is 8.66. The van der Waals surface area contributed by atoms with Gasteiger partial charge < -0.3 is 109 Å². The van der Waals surface area contributed by atoms with Gasteiger partial charge >= 0.3 is 0 Å². The molecule has 8 amide bonds. The highest BCUT2D eigenvalue weighted by Crippen LogP contribution is 2.13. The second-order valence-corrected chi connectivity index (χ2v) is 22.1. The SMILES string of the molecule is CN[C@@H](CC(C)C)C(=O)N[C@@H](CCCNC(=N)N)C(=O)N[C@@H](CCCCN)C(=O)N[C@@H](CCCNC(=N)N)C(=O)N[C@@H](CCCNC(=N)N)C(=O)N[C@@H](CCCNC(=N)N)CN[C@@H](CC(C)C)C(=O)N[C@@H](CC(C)C)C(=O)N[C@@H](CO)C(N)=O. The number of aliphatic hydroxyl groups is 1. The number of unbranched alkanes of at least 4 members (excludes halogenated alkanes) is 1. The maximum Gasteiger partial charge on any atom is 0.243 e. The van der Waals surface area contributed by atoms with Crippen LogP contribution in [-0.4, -0.2) is 184 Å². The lowest BCUT2D eigenvalue weighted by Gasteiger charge is -2.29. The van der Waals surface area contributed by atoms with Crippen molar-refractivity contribution in [2.75, 3.05) is 52.9 Å². The van der Waals surface area contributed by atoms with Gasteiger partial charge in [-0.1, -0.05) is 41.5 Å². The van der Waals surface area contributed by atoms with Crippen LogP contribution in [0.3, 0.4) is 0 Å². The molecule has 482 valence electrons. The van der Waals surface area contributed by atoms with Gasteiger partial charge in [-0.2, -0.15) is 0 Å². The molecule has 84 heavy (non-hydrogen) atoms. The fraction of sp³-hybridized carbons (Fsp3) is 0.769. The molecule has 0 heterocycles. The molecule has 0 aromatic rings. The van der Waals surface area contributed by atoms with Crippen LogP contribution in [0.2, 0.25) is 0 Å². The van der Waals surface area contributed by atoms with Crippen molar-refractivity contribution in [1.82, 2.24) is 69.1 Å². The van der Waals surface area contributed by atoms with Crippen molar-refractivity contribution in [3.63, 3.8) is 0 Å². The number of amides is 8. The summed E-state index contributed by atoms with van der Waals surface area (Å²) in [5, 5.41) is 76.4. The number of carbonyl (C=O) groups excluding carboxylic acids is 8.